The van der Waals surface area contributed by atoms with E-state index in [1.54, 1.807) is 6.07 Å². The molecule has 0 spiro atoms. The topological polar surface area (TPSA) is 21.3 Å². The zero-order valence-corrected chi connectivity index (χ0v) is 10.1. The summed E-state index contributed by atoms with van der Waals surface area (Å²) >= 11 is 1.94. The molecule has 0 aromatic heterocycles. The summed E-state index contributed by atoms with van der Waals surface area (Å²) in [5.41, 5.74) is 0.841. The molecule has 88 valence electrons. The van der Waals surface area contributed by atoms with Crippen molar-refractivity contribution >= 4 is 17.4 Å². The number of anilines is 1. The Morgan fingerprint density at radius 3 is 3.06 bits per heavy atom. The van der Waals surface area contributed by atoms with E-state index in [0.29, 0.717) is 18.4 Å². The number of hydrogen-bond donors (Lipinski definition) is 1. The molecule has 2 nitrogen and oxygen atoms in total. The van der Waals surface area contributed by atoms with Crippen LogP contribution in [-0.4, -0.2) is 24.2 Å². The third kappa shape index (κ3) is 2.82. The summed E-state index contributed by atoms with van der Waals surface area (Å²) in [4.78, 5) is 0. The Labute approximate surface area is 99.6 Å². The first-order chi connectivity index (χ1) is 7.79. The van der Waals surface area contributed by atoms with Crippen LogP contribution in [0.4, 0.5) is 10.1 Å². The number of halogens is 1. The van der Waals surface area contributed by atoms with Gasteiger partial charge in [0, 0.05) is 23.5 Å². The lowest BCUT2D eigenvalue weighted by Crippen LogP contribution is -2.18. The molecule has 0 amide bonds. The normalized spacial score (nSPS) is 19.8. The minimum absolute atomic E-state index is 0.294. The standard InChI is InChI=1S/C12H16FNOS/c1-2-15-12-4-3-9(7-11(12)13)14-10-5-6-16-8-10/h3-4,7,10,14H,2,5-6,8H2,1H3. The average molecular weight is 241 g/mol. The van der Waals surface area contributed by atoms with Crippen molar-refractivity contribution in [3.05, 3.63) is 24.0 Å². The van der Waals surface area contributed by atoms with Crippen LogP contribution in [0.25, 0.3) is 0 Å². The lowest BCUT2D eigenvalue weighted by molar-refractivity contribution is 0.321. The molecule has 1 fully saturated rings. The third-order valence-electron chi connectivity index (χ3n) is 2.53. The number of nitrogens with one attached hydrogen (secondary N) is 1. The molecule has 4 heteroatoms. The van der Waals surface area contributed by atoms with Gasteiger partial charge < -0.3 is 10.1 Å². The Kier molecular flexibility index (Phi) is 3.93. The van der Waals surface area contributed by atoms with Crippen molar-refractivity contribution < 1.29 is 9.13 Å². The Morgan fingerprint density at radius 1 is 1.56 bits per heavy atom. The molecule has 2 rings (SSSR count). The van der Waals surface area contributed by atoms with Crippen LogP contribution in [0, 0.1) is 5.82 Å². The monoisotopic (exact) mass is 241 g/mol. The molecule has 16 heavy (non-hydrogen) atoms. The second-order valence-corrected chi connectivity index (χ2v) is 4.93. The van der Waals surface area contributed by atoms with Crippen molar-refractivity contribution in [2.45, 2.75) is 19.4 Å². The second-order valence-electron chi connectivity index (χ2n) is 3.78. The van der Waals surface area contributed by atoms with Crippen molar-refractivity contribution in [1.29, 1.82) is 0 Å². The zero-order chi connectivity index (χ0) is 11.4. The Balaban J connectivity index is 2.02. The van der Waals surface area contributed by atoms with Gasteiger partial charge in [-0.15, -0.1) is 0 Å². The maximum absolute atomic E-state index is 13.5. The molecule has 1 aromatic carbocycles. The van der Waals surface area contributed by atoms with E-state index in [4.69, 9.17) is 4.74 Å². The quantitative estimate of drug-likeness (QED) is 0.875. The van der Waals surface area contributed by atoms with E-state index in [1.807, 2.05) is 24.8 Å². The van der Waals surface area contributed by atoms with E-state index in [-0.39, 0.29) is 5.82 Å². The number of ether oxygens (including phenoxy) is 1. The molecule has 0 radical (unpaired) electrons. The SMILES string of the molecule is CCOc1ccc(NC2CCSC2)cc1F. The van der Waals surface area contributed by atoms with Crippen molar-refractivity contribution in [2.75, 3.05) is 23.4 Å². The first-order valence-corrected chi connectivity index (χ1v) is 6.71. The van der Waals surface area contributed by atoms with Crippen LogP contribution in [0.3, 0.4) is 0 Å². The van der Waals surface area contributed by atoms with Gasteiger partial charge in [0.2, 0.25) is 0 Å². The predicted octanol–water partition coefficient (Wildman–Crippen LogP) is 3.14. The molecular weight excluding hydrogens is 225 g/mol. The third-order valence-corrected chi connectivity index (χ3v) is 3.69. The van der Waals surface area contributed by atoms with Gasteiger partial charge in [0.05, 0.1) is 6.61 Å². The van der Waals surface area contributed by atoms with Gasteiger partial charge in [0.25, 0.3) is 0 Å². The molecule has 1 heterocycles. The van der Waals surface area contributed by atoms with E-state index < -0.39 is 0 Å². The number of thioether (sulfide) groups is 1. The summed E-state index contributed by atoms with van der Waals surface area (Å²) in [6, 6.07) is 5.54. The van der Waals surface area contributed by atoms with Crippen LogP contribution in [0.5, 0.6) is 5.75 Å². The minimum atomic E-state index is -0.294. The maximum Gasteiger partial charge on any atom is 0.167 e. The largest absolute Gasteiger partial charge is 0.491 e. The molecule has 1 saturated heterocycles. The lowest BCUT2D eigenvalue weighted by Gasteiger charge is -2.13. The van der Waals surface area contributed by atoms with Gasteiger partial charge in [-0.2, -0.15) is 11.8 Å². The van der Waals surface area contributed by atoms with Gasteiger partial charge in [-0.05, 0) is 31.2 Å². The van der Waals surface area contributed by atoms with Crippen molar-refractivity contribution in [2.24, 2.45) is 0 Å². The van der Waals surface area contributed by atoms with Crippen LogP contribution >= 0.6 is 11.8 Å². The van der Waals surface area contributed by atoms with E-state index in [1.165, 1.54) is 11.8 Å². The molecular formula is C12H16FNOS. The first kappa shape index (κ1) is 11.6. The van der Waals surface area contributed by atoms with Gasteiger partial charge in [0.15, 0.2) is 11.6 Å². The molecule has 1 N–H and O–H groups in total. The number of rotatable bonds is 4. The molecule has 1 aliphatic rings. The van der Waals surface area contributed by atoms with Gasteiger partial charge in [-0.3, -0.25) is 0 Å². The highest BCUT2D eigenvalue weighted by atomic mass is 32.2. The fourth-order valence-electron chi connectivity index (χ4n) is 1.75. The Hall–Kier alpha value is -0.900. The summed E-state index contributed by atoms with van der Waals surface area (Å²) in [7, 11) is 0. The summed E-state index contributed by atoms with van der Waals surface area (Å²) in [5.74, 6) is 2.33. The average Bonchev–Trinajstić information content (AvgIpc) is 2.75. The van der Waals surface area contributed by atoms with Gasteiger partial charge in [-0.25, -0.2) is 4.39 Å². The molecule has 0 saturated carbocycles. The molecule has 1 aromatic rings. The van der Waals surface area contributed by atoms with E-state index in [9.17, 15) is 4.39 Å². The molecule has 0 bridgehead atoms. The number of hydrogen-bond acceptors (Lipinski definition) is 3. The highest BCUT2D eigenvalue weighted by Gasteiger charge is 2.15. The highest BCUT2D eigenvalue weighted by molar-refractivity contribution is 7.99. The van der Waals surface area contributed by atoms with E-state index in [0.717, 1.165) is 17.9 Å². The predicted molar refractivity (Wildman–Crippen MR) is 66.9 cm³/mol. The fraction of sp³-hybridized carbons (Fsp3) is 0.500. The summed E-state index contributed by atoms with van der Waals surface area (Å²) in [5, 5.41) is 3.33. The zero-order valence-electron chi connectivity index (χ0n) is 9.33. The summed E-state index contributed by atoms with van der Waals surface area (Å²) in [6.45, 7) is 2.34. The van der Waals surface area contributed by atoms with Crippen molar-refractivity contribution in [1.82, 2.24) is 0 Å². The molecule has 1 atom stereocenters. The second kappa shape index (κ2) is 5.43. The molecule has 0 aliphatic carbocycles. The van der Waals surface area contributed by atoms with E-state index in [2.05, 4.69) is 5.32 Å². The smallest absolute Gasteiger partial charge is 0.167 e. The number of benzene rings is 1. The van der Waals surface area contributed by atoms with Crippen LogP contribution in [-0.2, 0) is 0 Å². The molecule has 1 unspecified atom stereocenters. The van der Waals surface area contributed by atoms with Crippen molar-refractivity contribution in [3.63, 3.8) is 0 Å². The lowest BCUT2D eigenvalue weighted by atomic mass is 10.2. The van der Waals surface area contributed by atoms with Crippen molar-refractivity contribution in [3.8, 4) is 5.75 Å². The van der Waals surface area contributed by atoms with Crippen LogP contribution < -0.4 is 10.1 Å². The van der Waals surface area contributed by atoms with Gasteiger partial charge >= 0.3 is 0 Å². The fourth-order valence-corrected chi connectivity index (χ4v) is 2.90. The van der Waals surface area contributed by atoms with Crippen LogP contribution in [0.1, 0.15) is 13.3 Å². The first-order valence-electron chi connectivity index (χ1n) is 5.56. The van der Waals surface area contributed by atoms with Gasteiger partial charge in [-0.1, -0.05) is 0 Å². The highest BCUT2D eigenvalue weighted by Crippen LogP contribution is 2.25. The van der Waals surface area contributed by atoms with Crippen LogP contribution in [0.15, 0.2) is 18.2 Å². The maximum atomic E-state index is 13.5. The Bertz CT molecular complexity index is 353. The van der Waals surface area contributed by atoms with E-state index >= 15 is 0 Å². The summed E-state index contributed by atoms with van der Waals surface area (Å²) in [6.07, 6.45) is 1.15. The Morgan fingerprint density at radius 2 is 2.44 bits per heavy atom. The van der Waals surface area contributed by atoms with Crippen LogP contribution in [0.2, 0.25) is 0 Å². The summed E-state index contributed by atoms with van der Waals surface area (Å²) < 4.78 is 18.7. The van der Waals surface area contributed by atoms with Gasteiger partial charge in [0.1, 0.15) is 0 Å². The molecule has 1 aliphatic heterocycles. The minimum Gasteiger partial charge on any atom is -0.491 e.